The third-order valence-corrected chi connectivity index (χ3v) is 4.44. The molecule has 1 unspecified atom stereocenters. The van der Waals surface area contributed by atoms with Crippen molar-refractivity contribution in [2.75, 3.05) is 13.7 Å². The predicted molar refractivity (Wildman–Crippen MR) is 89.7 cm³/mol. The molecule has 0 bridgehead atoms. The van der Waals surface area contributed by atoms with Crippen molar-refractivity contribution >= 4 is 16.9 Å². The van der Waals surface area contributed by atoms with Gasteiger partial charge in [-0.05, 0) is 25.3 Å². The Hall–Kier alpha value is -2.60. The van der Waals surface area contributed by atoms with Gasteiger partial charge in [0.2, 0.25) is 0 Å². The Balaban J connectivity index is 1.80. The van der Waals surface area contributed by atoms with Gasteiger partial charge in [0.05, 0.1) is 13.3 Å². The fourth-order valence-corrected chi connectivity index (χ4v) is 3.25. The van der Waals surface area contributed by atoms with Crippen molar-refractivity contribution in [3.8, 4) is 11.1 Å². The molecule has 124 valence electrons. The van der Waals surface area contributed by atoms with Crippen molar-refractivity contribution in [3.63, 3.8) is 0 Å². The topological polar surface area (TPSA) is 69.1 Å². The number of aromatic nitrogens is 3. The molecule has 0 aliphatic carbocycles. The summed E-state index contributed by atoms with van der Waals surface area (Å²) >= 11 is 0. The van der Waals surface area contributed by atoms with Crippen molar-refractivity contribution in [1.29, 1.82) is 0 Å². The summed E-state index contributed by atoms with van der Waals surface area (Å²) in [6.45, 7) is 0.764. The average Bonchev–Trinajstić information content (AvgIpc) is 3.26. The average molecular weight is 325 g/mol. The molecule has 1 atom stereocenters. The number of fused-ring (bicyclic) bond motifs is 1. The van der Waals surface area contributed by atoms with Crippen LogP contribution in [-0.2, 0) is 9.47 Å². The number of nitrogens with zero attached hydrogens (tertiary/aromatic N) is 2. The van der Waals surface area contributed by atoms with Gasteiger partial charge in [0, 0.05) is 34.8 Å². The zero-order valence-electron chi connectivity index (χ0n) is 13.5. The van der Waals surface area contributed by atoms with Crippen LogP contribution < -0.4 is 0 Å². The molecule has 1 N–H and O–H groups in total. The van der Waals surface area contributed by atoms with Crippen molar-refractivity contribution in [3.05, 3.63) is 42.4 Å². The number of carbonyl (C=O) groups excluding carboxylic acids is 1. The quantitative estimate of drug-likeness (QED) is 0.748. The molecule has 1 aliphatic rings. The van der Waals surface area contributed by atoms with Gasteiger partial charge in [-0.1, -0.05) is 18.2 Å². The molecule has 3 heterocycles. The van der Waals surface area contributed by atoms with Crippen LogP contribution in [0.25, 0.3) is 22.0 Å². The van der Waals surface area contributed by atoms with Crippen LogP contribution in [0.3, 0.4) is 0 Å². The van der Waals surface area contributed by atoms with Gasteiger partial charge in [0.15, 0.2) is 0 Å². The van der Waals surface area contributed by atoms with Crippen LogP contribution in [0.1, 0.15) is 36.0 Å². The molecule has 1 aromatic carbocycles. The summed E-state index contributed by atoms with van der Waals surface area (Å²) in [7, 11) is 1.39. The zero-order valence-corrected chi connectivity index (χ0v) is 13.5. The third kappa shape index (κ3) is 2.49. The van der Waals surface area contributed by atoms with Gasteiger partial charge < -0.3 is 14.5 Å². The van der Waals surface area contributed by atoms with E-state index in [0.29, 0.717) is 5.69 Å². The summed E-state index contributed by atoms with van der Waals surface area (Å²) in [5.74, 6) is -0.386. The van der Waals surface area contributed by atoms with E-state index < -0.39 is 0 Å². The Labute approximate surface area is 139 Å². The van der Waals surface area contributed by atoms with Crippen molar-refractivity contribution in [2.45, 2.75) is 25.5 Å². The molecule has 0 amide bonds. The van der Waals surface area contributed by atoms with E-state index in [0.717, 1.165) is 47.9 Å². The number of nitrogens with one attached hydrogen (secondary N) is 1. The molecule has 3 aromatic rings. The maximum absolute atomic E-state index is 12.2. The number of benzene rings is 1. The summed E-state index contributed by atoms with van der Waals surface area (Å²) in [6.07, 6.45) is 6.89. The highest BCUT2D eigenvalue weighted by Crippen LogP contribution is 2.33. The first kappa shape index (κ1) is 15.0. The Kier molecular flexibility index (Phi) is 3.82. The molecule has 0 saturated carbocycles. The Morgan fingerprint density at radius 2 is 2.25 bits per heavy atom. The third-order valence-electron chi connectivity index (χ3n) is 4.44. The molecule has 1 saturated heterocycles. The summed E-state index contributed by atoms with van der Waals surface area (Å²) in [5.41, 5.74) is 3.04. The molecular formula is C18H19N3O3. The van der Waals surface area contributed by atoms with E-state index in [1.807, 2.05) is 35.1 Å². The highest BCUT2D eigenvalue weighted by molar-refractivity contribution is 6.07. The minimum absolute atomic E-state index is 0.0284. The van der Waals surface area contributed by atoms with Gasteiger partial charge in [-0.2, -0.15) is 5.10 Å². The van der Waals surface area contributed by atoms with Crippen LogP contribution in [0.5, 0.6) is 0 Å². The second-order valence-corrected chi connectivity index (χ2v) is 5.94. The van der Waals surface area contributed by atoms with Crippen LogP contribution in [0.2, 0.25) is 0 Å². The van der Waals surface area contributed by atoms with Gasteiger partial charge in [-0.3, -0.25) is 0 Å². The molecular weight excluding hydrogens is 306 g/mol. The Bertz CT molecular complexity index is 875. The van der Waals surface area contributed by atoms with Crippen LogP contribution in [0.4, 0.5) is 0 Å². The van der Waals surface area contributed by atoms with Gasteiger partial charge in [0.1, 0.15) is 11.9 Å². The lowest BCUT2D eigenvalue weighted by Crippen LogP contribution is -2.18. The normalized spacial score (nSPS) is 18.0. The van der Waals surface area contributed by atoms with E-state index in [1.165, 1.54) is 7.11 Å². The molecule has 1 aliphatic heterocycles. The first-order valence-corrected chi connectivity index (χ1v) is 8.13. The lowest BCUT2D eigenvalue weighted by atomic mass is 10.1. The summed E-state index contributed by atoms with van der Waals surface area (Å²) in [5, 5.41) is 5.43. The minimum Gasteiger partial charge on any atom is -0.464 e. The SMILES string of the molecule is COC(=O)c1[nH]c2ccccc2c1-c1cnn(C2CCCCO2)c1. The number of ether oxygens (including phenoxy) is 2. The lowest BCUT2D eigenvalue weighted by molar-refractivity contribution is -0.0394. The number of para-hydroxylation sites is 1. The molecule has 1 fully saturated rings. The highest BCUT2D eigenvalue weighted by Gasteiger charge is 2.22. The lowest BCUT2D eigenvalue weighted by Gasteiger charge is -2.22. The monoisotopic (exact) mass is 325 g/mol. The molecule has 24 heavy (non-hydrogen) atoms. The molecule has 4 rings (SSSR count). The van der Waals surface area contributed by atoms with Crippen LogP contribution in [-0.4, -0.2) is 34.5 Å². The number of esters is 1. The van der Waals surface area contributed by atoms with Crippen LogP contribution in [0.15, 0.2) is 36.7 Å². The number of hydrogen-bond acceptors (Lipinski definition) is 4. The Morgan fingerprint density at radius 3 is 3.04 bits per heavy atom. The van der Waals surface area contributed by atoms with Crippen LogP contribution >= 0.6 is 0 Å². The van der Waals surface area contributed by atoms with Crippen molar-refractivity contribution < 1.29 is 14.3 Å². The van der Waals surface area contributed by atoms with Gasteiger partial charge >= 0.3 is 5.97 Å². The number of methoxy groups -OCH3 is 1. The van der Waals surface area contributed by atoms with E-state index in [4.69, 9.17) is 9.47 Å². The number of aromatic amines is 1. The summed E-state index contributed by atoms with van der Waals surface area (Å²) in [6, 6.07) is 7.82. The highest BCUT2D eigenvalue weighted by atomic mass is 16.5. The smallest absolute Gasteiger partial charge is 0.355 e. The molecule has 0 spiro atoms. The maximum Gasteiger partial charge on any atom is 0.355 e. The second-order valence-electron chi connectivity index (χ2n) is 5.94. The number of rotatable bonds is 3. The zero-order chi connectivity index (χ0) is 16.5. The molecule has 6 nitrogen and oxygen atoms in total. The van der Waals surface area contributed by atoms with Gasteiger partial charge in [-0.15, -0.1) is 0 Å². The predicted octanol–water partition coefficient (Wildman–Crippen LogP) is 3.52. The van der Waals surface area contributed by atoms with E-state index in [-0.39, 0.29) is 12.2 Å². The molecule has 6 heteroatoms. The number of H-pyrrole nitrogens is 1. The van der Waals surface area contributed by atoms with Gasteiger partial charge in [-0.25, -0.2) is 9.48 Å². The second kappa shape index (κ2) is 6.13. The van der Waals surface area contributed by atoms with E-state index in [2.05, 4.69) is 10.1 Å². The maximum atomic E-state index is 12.2. The number of carbonyl (C=O) groups is 1. The van der Waals surface area contributed by atoms with E-state index in [9.17, 15) is 4.79 Å². The molecule has 0 radical (unpaired) electrons. The van der Waals surface area contributed by atoms with Gasteiger partial charge in [0.25, 0.3) is 0 Å². The van der Waals surface area contributed by atoms with Crippen molar-refractivity contribution in [2.24, 2.45) is 0 Å². The largest absolute Gasteiger partial charge is 0.464 e. The first-order valence-electron chi connectivity index (χ1n) is 8.13. The summed E-state index contributed by atoms with van der Waals surface area (Å²) in [4.78, 5) is 15.3. The summed E-state index contributed by atoms with van der Waals surface area (Å²) < 4.78 is 12.6. The fourth-order valence-electron chi connectivity index (χ4n) is 3.25. The van der Waals surface area contributed by atoms with Crippen molar-refractivity contribution in [1.82, 2.24) is 14.8 Å². The minimum atomic E-state index is -0.386. The number of hydrogen-bond donors (Lipinski definition) is 1. The van der Waals surface area contributed by atoms with E-state index >= 15 is 0 Å². The van der Waals surface area contributed by atoms with E-state index in [1.54, 1.807) is 6.20 Å². The fraction of sp³-hybridized carbons (Fsp3) is 0.333. The Morgan fingerprint density at radius 1 is 1.38 bits per heavy atom. The molecule has 2 aromatic heterocycles. The standard InChI is InChI=1S/C18H19N3O3/c1-23-18(22)17-16(13-6-2-3-7-14(13)20-17)12-10-19-21(11-12)15-8-4-5-9-24-15/h2-3,6-7,10-11,15,20H,4-5,8-9H2,1H3. The van der Waals surface area contributed by atoms with Crippen LogP contribution in [0, 0.1) is 0 Å². The first-order chi connectivity index (χ1) is 11.8.